The van der Waals surface area contributed by atoms with Crippen molar-refractivity contribution in [2.45, 2.75) is 133 Å². The van der Waals surface area contributed by atoms with E-state index in [2.05, 4.69) is 47.2 Å². The summed E-state index contributed by atoms with van der Waals surface area (Å²) in [7, 11) is 0. The van der Waals surface area contributed by atoms with Crippen LogP contribution in [0.15, 0.2) is 42.9 Å². The molecule has 17 N–H and O–H groups in total. The number of aliphatic hydroxyl groups is 2. The number of nitrogens with zero attached hydrogens (tertiary/aromatic N) is 2. The highest BCUT2D eigenvalue weighted by molar-refractivity contribution is 5.98. The Labute approximate surface area is 414 Å². The minimum atomic E-state index is -1.72. The zero-order chi connectivity index (χ0) is 53.7. The number of carboxylic acids is 1. The second kappa shape index (κ2) is 29.0. The van der Waals surface area contributed by atoms with Gasteiger partial charge in [0.1, 0.15) is 36.3 Å². The molecule has 396 valence electrons. The zero-order valence-corrected chi connectivity index (χ0v) is 40.3. The maximum atomic E-state index is 14.4. The molecule has 1 aromatic heterocycles. The van der Waals surface area contributed by atoms with E-state index in [1.807, 2.05) is 0 Å². The van der Waals surface area contributed by atoms with E-state index in [4.69, 9.17) is 17.2 Å². The van der Waals surface area contributed by atoms with Crippen LogP contribution in [-0.2, 0) is 65.6 Å². The largest absolute Gasteiger partial charge is 0.480 e. The van der Waals surface area contributed by atoms with Gasteiger partial charge in [-0.15, -0.1) is 0 Å². The lowest BCUT2D eigenvalue weighted by molar-refractivity contribution is -0.146. The Morgan fingerprint density at radius 1 is 0.750 bits per heavy atom. The monoisotopic (exact) mass is 1010 g/mol. The molecule has 1 aliphatic rings. The predicted molar refractivity (Wildman–Crippen MR) is 252 cm³/mol. The molecule has 1 aliphatic heterocycles. The summed E-state index contributed by atoms with van der Waals surface area (Å²) in [5.74, 6) is -10.2. The van der Waals surface area contributed by atoms with Crippen molar-refractivity contribution >= 4 is 65.0 Å². The second-order valence-electron chi connectivity index (χ2n) is 17.7. The van der Waals surface area contributed by atoms with Gasteiger partial charge in [0, 0.05) is 44.1 Å². The number of aromatic amines is 1. The fourth-order valence-corrected chi connectivity index (χ4v) is 7.53. The van der Waals surface area contributed by atoms with Crippen LogP contribution in [-0.4, -0.2) is 169 Å². The number of rotatable bonds is 30. The van der Waals surface area contributed by atoms with Gasteiger partial charge in [0.25, 0.3) is 0 Å². The minimum Gasteiger partial charge on any atom is -0.480 e. The quantitative estimate of drug-likeness (QED) is 0.0347. The molecule has 27 heteroatoms. The number of nitrogens with one attached hydrogen (secondary N) is 8. The molecule has 0 radical (unpaired) electrons. The van der Waals surface area contributed by atoms with Crippen LogP contribution in [0.5, 0.6) is 0 Å². The molecule has 2 heterocycles. The molecule has 72 heavy (non-hydrogen) atoms. The Morgan fingerprint density at radius 2 is 1.36 bits per heavy atom. The van der Waals surface area contributed by atoms with Crippen LogP contribution in [0.4, 0.5) is 0 Å². The van der Waals surface area contributed by atoms with E-state index < -0.39 is 133 Å². The molecule has 0 saturated carbocycles. The average Bonchev–Trinajstić information content (AvgIpc) is 4.04. The number of H-pyrrole nitrogens is 1. The van der Waals surface area contributed by atoms with Crippen LogP contribution < -0.4 is 54.4 Å². The summed E-state index contributed by atoms with van der Waals surface area (Å²) in [5.41, 5.74) is 17.1. The number of benzene rings is 1. The number of imidazole rings is 1. The Bertz CT molecular complexity index is 2210. The molecule has 1 saturated heterocycles. The predicted octanol–water partition coefficient (Wildman–Crippen LogP) is -5.43. The van der Waals surface area contributed by atoms with Gasteiger partial charge >= 0.3 is 5.97 Å². The van der Waals surface area contributed by atoms with Crippen LogP contribution >= 0.6 is 0 Å². The highest BCUT2D eigenvalue weighted by Crippen LogP contribution is 2.21. The summed E-state index contributed by atoms with van der Waals surface area (Å²) < 4.78 is 0. The lowest BCUT2D eigenvalue weighted by Crippen LogP contribution is -2.61. The molecule has 0 spiro atoms. The molecule has 3 rings (SSSR count). The van der Waals surface area contributed by atoms with Gasteiger partial charge in [-0.2, -0.15) is 0 Å². The van der Waals surface area contributed by atoms with Crippen LogP contribution in [0.2, 0.25) is 0 Å². The highest BCUT2D eigenvalue weighted by atomic mass is 16.4. The fourth-order valence-electron chi connectivity index (χ4n) is 7.53. The lowest BCUT2D eigenvalue weighted by Gasteiger charge is -2.31. The molecule has 0 aliphatic carbocycles. The van der Waals surface area contributed by atoms with Crippen molar-refractivity contribution in [2.24, 2.45) is 23.1 Å². The van der Waals surface area contributed by atoms with Crippen molar-refractivity contribution in [3.8, 4) is 0 Å². The Kier molecular flexibility index (Phi) is 23.7. The van der Waals surface area contributed by atoms with Crippen LogP contribution in [0.25, 0.3) is 0 Å². The van der Waals surface area contributed by atoms with Crippen molar-refractivity contribution < 1.29 is 68.1 Å². The minimum absolute atomic E-state index is 0.0626. The third-order valence-corrected chi connectivity index (χ3v) is 11.3. The van der Waals surface area contributed by atoms with Crippen LogP contribution in [0.1, 0.15) is 77.0 Å². The van der Waals surface area contributed by atoms with E-state index in [9.17, 15) is 68.1 Å². The first kappa shape index (κ1) is 58.8. The average molecular weight is 1010 g/mol. The van der Waals surface area contributed by atoms with Gasteiger partial charge in [-0.25, -0.2) is 9.78 Å². The maximum Gasteiger partial charge on any atom is 0.328 e. The Morgan fingerprint density at radius 3 is 1.94 bits per heavy atom. The molecule has 9 atom stereocenters. The van der Waals surface area contributed by atoms with Gasteiger partial charge in [0.2, 0.25) is 59.1 Å². The summed E-state index contributed by atoms with van der Waals surface area (Å²) in [4.78, 5) is 151. The number of hydrogen-bond donors (Lipinski definition) is 14. The maximum absolute atomic E-state index is 14.4. The number of hydrogen-bond acceptors (Lipinski definition) is 15. The topological polar surface area (TPSA) is 443 Å². The summed E-state index contributed by atoms with van der Waals surface area (Å²) in [6.45, 7) is 3.02. The molecule has 0 bridgehead atoms. The van der Waals surface area contributed by atoms with Gasteiger partial charge < -0.3 is 79.6 Å². The number of aliphatic carboxylic acids is 1. The summed E-state index contributed by atoms with van der Waals surface area (Å²) in [6, 6.07) is -2.81. The Hall–Kier alpha value is -7.52. The Balaban J connectivity index is 1.79. The number of carbonyl (C=O) groups excluding carboxylic acids is 10. The lowest BCUT2D eigenvalue weighted by atomic mass is 10.0. The normalized spacial score (nSPS) is 16.5. The standard InChI is InChI=1S/C45H67N13O14/c1-23(2)16-29(41(67)57-37(24(3)60)45(71)72)54-43(69)33-10-7-15-58(33)44(70)31(17-25-8-5-4-6-9-25)55-42(68)32(21-59)56-40(66)30(18-26-19-49-22-51-26)52-36(63)20-50-39(65)28(12-14-35(48)62)53-38(64)27(46)11-13-34(47)61/h4-6,8-9,19,22-24,27-33,37,59-60H,7,10-18,20-21,46H2,1-3H3,(H2,47,61)(H2,48,62)(H,49,51)(H,50,65)(H,52,63)(H,53,64)(H,54,69)(H,55,68)(H,56,66)(H,57,67)(H,71,72)/t24-,27+,28+,29+,30+,31+,32+,33+,37+/m1/s1. The zero-order valence-electron chi connectivity index (χ0n) is 40.3. The first-order chi connectivity index (χ1) is 34.0. The van der Waals surface area contributed by atoms with Crippen LogP contribution in [0, 0.1) is 5.92 Å². The number of primary amides is 2. The fraction of sp³-hybridized carbons (Fsp3) is 0.556. The van der Waals surface area contributed by atoms with Crippen molar-refractivity contribution in [3.63, 3.8) is 0 Å². The number of amides is 10. The number of aliphatic hydroxyl groups excluding tert-OH is 2. The SMILES string of the molecule is CC(C)C[C@H](NC(=O)[C@@H]1CCCN1C(=O)[C@H](Cc1ccccc1)NC(=O)[C@H](CO)NC(=O)[C@H](Cc1cnc[nH]1)NC(=O)CNC(=O)[C@H](CCC(N)=O)NC(=O)[C@@H](N)CCC(N)=O)C(=O)N[C@H](C(=O)O)[C@@H](C)O. The van der Waals surface area contributed by atoms with E-state index in [0.29, 0.717) is 17.7 Å². The van der Waals surface area contributed by atoms with Gasteiger partial charge in [-0.05, 0) is 50.5 Å². The molecular weight excluding hydrogens is 947 g/mol. The van der Waals surface area contributed by atoms with Gasteiger partial charge in [0.15, 0.2) is 6.04 Å². The molecule has 27 nitrogen and oxygen atoms in total. The van der Waals surface area contributed by atoms with Crippen molar-refractivity contribution in [1.29, 1.82) is 0 Å². The van der Waals surface area contributed by atoms with Gasteiger partial charge in [-0.3, -0.25) is 47.9 Å². The van der Waals surface area contributed by atoms with E-state index in [1.165, 1.54) is 24.3 Å². The summed E-state index contributed by atoms with van der Waals surface area (Å²) >= 11 is 0. The number of aromatic nitrogens is 2. The third kappa shape index (κ3) is 19.3. The van der Waals surface area contributed by atoms with Gasteiger partial charge in [0.05, 0.1) is 31.6 Å². The summed E-state index contributed by atoms with van der Waals surface area (Å²) in [5, 5.41) is 46.8. The highest BCUT2D eigenvalue weighted by Gasteiger charge is 2.40. The molecule has 10 amide bonds. The molecule has 1 fully saturated rings. The van der Waals surface area contributed by atoms with Crippen molar-refractivity contribution in [2.75, 3.05) is 19.7 Å². The number of likely N-dealkylation sites (tertiary alicyclic amines) is 1. The van der Waals surface area contributed by atoms with Gasteiger partial charge in [-0.1, -0.05) is 44.2 Å². The molecule has 1 aromatic carbocycles. The number of nitrogens with two attached hydrogens (primary N) is 3. The van der Waals surface area contributed by atoms with E-state index in [-0.39, 0.29) is 63.8 Å². The second-order valence-corrected chi connectivity index (χ2v) is 17.7. The first-order valence-electron chi connectivity index (χ1n) is 23.3. The number of carbonyl (C=O) groups is 11. The van der Waals surface area contributed by atoms with Crippen molar-refractivity contribution in [3.05, 3.63) is 54.1 Å². The van der Waals surface area contributed by atoms with E-state index >= 15 is 0 Å². The molecule has 0 unspecified atom stereocenters. The third-order valence-electron chi connectivity index (χ3n) is 11.3. The van der Waals surface area contributed by atoms with E-state index in [0.717, 1.165) is 0 Å². The van der Waals surface area contributed by atoms with Crippen LogP contribution in [0.3, 0.4) is 0 Å². The smallest absolute Gasteiger partial charge is 0.328 e. The number of carboxylic acid groups (broad SMARTS) is 1. The first-order valence-corrected chi connectivity index (χ1v) is 23.3. The van der Waals surface area contributed by atoms with E-state index in [1.54, 1.807) is 44.2 Å². The molecule has 2 aromatic rings. The molecular formula is C45H67N13O14. The van der Waals surface area contributed by atoms with Crippen molar-refractivity contribution in [1.82, 2.24) is 52.1 Å². The summed E-state index contributed by atoms with van der Waals surface area (Å²) in [6.07, 6.45) is 0.400.